The van der Waals surface area contributed by atoms with E-state index in [9.17, 15) is 19.5 Å². The minimum Gasteiger partial charge on any atom is -0.479 e. The highest BCUT2D eigenvalue weighted by atomic mass is 16.4. The third kappa shape index (κ3) is 1.56. The first kappa shape index (κ1) is 12.3. The average Bonchev–Trinajstić information content (AvgIpc) is 2.98. The molecule has 0 aromatic rings. The summed E-state index contributed by atoms with van der Waals surface area (Å²) in [7, 11) is 0. The molecule has 1 aliphatic heterocycles. The van der Waals surface area contributed by atoms with Crippen molar-refractivity contribution in [2.45, 2.75) is 18.9 Å². The molecule has 3 rings (SSSR count). The highest BCUT2D eigenvalue weighted by molar-refractivity contribution is 6.06. The maximum Gasteiger partial charge on any atom is 0.337 e. The topological polar surface area (TPSA) is 94.9 Å². The Bertz CT molecular complexity index is 479. The van der Waals surface area contributed by atoms with Gasteiger partial charge in [-0.05, 0) is 25.2 Å². The van der Waals surface area contributed by atoms with Crippen molar-refractivity contribution in [1.29, 1.82) is 0 Å². The number of rotatable bonds is 3. The molecule has 1 heterocycles. The zero-order chi connectivity index (χ0) is 13.9. The normalized spacial score (nSPS) is 38.7. The Kier molecular flexibility index (Phi) is 2.38. The summed E-state index contributed by atoms with van der Waals surface area (Å²) in [5.74, 6) is -2.65. The van der Waals surface area contributed by atoms with Crippen molar-refractivity contribution in [3.8, 4) is 0 Å². The summed E-state index contributed by atoms with van der Waals surface area (Å²) >= 11 is 0. The predicted molar refractivity (Wildman–Crippen MR) is 62.7 cm³/mol. The van der Waals surface area contributed by atoms with E-state index in [1.54, 1.807) is 0 Å². The van der Waals surface area contributed by atoms with Crippen molar-refractivity contribution in [3.63, 3.8) is 0 Å². The number of aliphatic carboxylic acids is 1. The van der Waals surface area contributed by atoms with Crippen LogP contribution in [0.4, 0.5) is 0 Å². The van der Waals surface area contributed by atoms with Crippen molar-refractivity contribution in [1.82, 2.24) is 4.90 Å². The molecule has 2 aliphatic carbocycles. The largest absolute Gasteiger partial charge is 0.479 e. The van der Waals surface area contributed by atoms with Gasteiger partial charge in [0.2, 0.25) is 11.8 Å². The number of imide groups is 1. The van der Waals surface area contributed by atoms with Gasteiger partial charge in [-0.15, -0.1) is 0 Å². The number of aliphatic hydroxyl groups is 1. The lowest BCUT2D eigenvalue weighted by atomic mass is 9.85. The van der Waals surface area contributed by atoms with E-state index in [0.29, 0.717) is 0 Å². The molecule has 0 aromatic carbocycles. The van der Waals surface area contributed by atoms with Crippen LogP contribution >= 0.6 is 0 Å². The summed E-state index contributed by atoms with van der Waals surface area (Å²) in [5, 5.41) is 18.6. The van der Waals surface area contributed by atoms with Gasteiger partial charge in [0.25, 0.3) is 0 Å². The lowest BCUT2D eigenvalue weighted by Gasteiger charge is -2.25. The number of allylic oxidation sites excluding steroid dienone is 2. The zero-order valence-electron chi connectivity index (χ0n) is 10.4. The summed E-state index contributed by atoms with van der Waals surface area (Å²) in [6.07, 6.45) is 4.77. The van der Waals surface area contributed by atoms with Crippen LogP contribution in [0.1, 0.15) is 13.3 Å². The van der Waals surface area contributed by atoms with Crippen LogP contribution in [0, 0.1) is 23.7 Å². The fourth-order valence-corrected chi connectivity index (χ4v) is 3.50. The molecule has 6 nitrogen and oxygen atoms in total. The number of hydrogen-bond donors (Lipinski definition) is 2. The van der Waals surface area contributed by atoms with Crippen molar-refractivity contribution in [2.24, 2.45) is 23.7 Å². The summed E-state index contributed by atoms with van der Waals surface area (Å²) in [4.78, 5) is 36.3. The molecule has 0 aromatic heterocycles. The third-order valence-electron chi connectivity index (χ3n) is 4.49. The second kappa shape index (κ2) is 3.66. The van der Waals surface area contributed by atoms with Gasteiger partial charge in [-0.2, -0.15) is 0 Å². The second-order valence-corrected chi connectivity index (χ2v) is 5.84. The summed E-state index contributed by atoms with van der Waals surface area (Å²) < 4.78 is 0. The molecule has 2 amide bonds. The first-order chi connectivity index (χ1) is 8.83. The molecule has 6 heteroatoms. The molecule has 2 fully saturated rings. The van der Waals surface area contributed by atoms with Crippen LogP contribution in [0.5, 0.6) is 0 Å². The Hall–Kier alpha value is -1.69. The van der Waals surface area contributed by atoms with Gasteiger partial charge < -0.3 is 10.2 Å². The number of hydrogen-bond acceptors (Lipinski definition) is 4. The zero-order valence-corrected chi connectivity index (χ0v) is 10.4. The second-order valence-electron chi connectivity index (χ2n) is 5.84. The summed E-state index contributed by atoms with van der Waals surface area (Å²) in [5.41, 5.74) is -2.10. The predicted octanol–water partition coefficient (Wildman–Crippen LogP) is -0.371. The van der Waals surface area contributed by atoms with E-state index in [1.807, 2.05) is 12.2 Å². The van der Waals surface area contributed by atoms with Crippen molar-refractivity contribution in [2.75, 3.05) is 6.54 Å². The van der Waals surface area contributed by atoms with Crippen LogP contribution in [-0.4, -0.2) is 45.0 Å². The molecule has 5 atom stereocenters. The number of nitrogens with zero attached hydrogens (tertiary/aromatic N) is 1. The molecule has 0 radical (unpaired) electrons. The third-order valence-corrected chi connectivity index (χ3v) is 4.49. The molecule has 0 spiro atoms. The molecular formula is C13H15NO5. The van der Waals surface area contributed by atoms with Crippen LogP contribution < -0.4 is 0 Å². The number of carbonyl (C=O) groups is 3. The number of carbonyl (C=O) groups excluding carboxylic acids is 2. The number of likely N-dealkylation sites (tertiary alicyclic amines) is 1. The van der Waals surface area contributed by atoms with Crippen LogP contribution in [0.15, 0.2) is 12.2 Å². The Labute approximate surface area is 109 Å². The fraction of sp³-hybridized carbons (Fsp3) is 0.615. The lowest BCUT2D eigenvalue weighted by molar-refractivity contribution is -0.161. The van der Waals surface area contributed by atoms with Gasteiger partial charge in [0, 0.05) is 0 Å². The van der Waals surface area contributed by atoms with Crippen LogP contribution in [0.3, 0.4) is 0 Å². The van der Waals surface area contributed by atoms with E-state index >= 15 is 0 Å². The average molecular weight is 265 g/mol. The van der Waals surface area contributed by atoms with E-state index in [1.165, 1.54) is 0 Å². The molecule has 2 N–H and O–H groups in total. The van der Waals surface area contributed by atoms with Crippen molar-refractivity contribution in [3.05, 3.63) is 12.2 Å². The first-order valence-corrected chi connectivity index (χ1v) is 6.32. The van der Waals surface area contributed by atoms with Crippen molar-refractivity contribution < 1.29 is 24.6 Å². The van der Waals surface area contributed by atoms with Crippen molar-refractivity contribution >= 4 is 17.8 Å². The van der Waals surface area contributed by atoms with Gasteiger partial charge in [-0.3, -0.25) is 14.5 Å². The van der Waals surface area contributed by atoms with Gasteiger partial charge in [0.15, 0.2) is 5.60 Å². The molecule has 19 heavy (non-hydrogen) atoms. The van der Waals surface area contributed by atoms with Gasteiger partial charge in [-0.25, -0.2) is 4.79 Å². The number of carboxylic acid groups (broad SMARTS) is 1. The van der Waals surface area contributed by atoms with Crippen LogP contribution in [0.2, 0.25) is 0 Å². The molecule has 102 valence electrons. The SMILES string of the molecule is CC(O)(CN1C(=O)C2C3C=CC(C3)C2C1=O)C(=O)O. The van der Waals surface area contributed by atoms with Crippen LogP contribution in [-0.2, 0) is 14.4 Å². The van der Waals surface area contributed by atoms with E-state index in [-0.39, 0.29) is 35.5 Å². The van der Waals surface area contributed by atoms with Gasteiger partial charge in [-0.1, -0.05) is 12.2 Å². The maximum atomic E-state index is 12.3. The fourth-order valence-electron chi connectivity index (χ4n) is 3.50. The van der Waals surface area contributed by atoms with E-state index in [2.05, 4.69) is 0 Å². The highest BCUT2D eigenvalue weighted by Crippen LogP contribution is 2.52. The minimum absolute atomic E-state index is 0.0891. The Morgan fingerprint density at radius 3 is 2.21 bits per heavy atom. The monoisotopic (exact) mass is 265 g/mol. The molecule has 1 saturated heterocycles. The van der Waals surface area contributed by atoms with Crippen LogP contribution in [0.25, 0.3) is 0 Å². The Morgan fingerprint density at radius 1 is 1.32 bits per heavy atom. The molecule has 3 aliphatic rings. The Balaban J connectivity index is 1.85. The van der Waals surface area contributed by atoms with Gasteiger partial charge in [0.05, 0.1) is 18.4 Å². The van der Waals surface area contributed by atoms with E-state index in [4.69, 9.17) is 5.11 Å². The maximum absolute atomic E-state index is 12.3. The molecule has 1 saturated carbocycles. The number of amides is 2. The standard InChI is InChI=1S/C13H15NO5/c1-13(19,12(17)18)5-14-10(15)8-6-2-3-7(4-6)9(8)11(14)16/h2-3,6-9,19H,4-5H2,1H3,(H,17,18). The molecule has 5 unspecified atom stereocenters. The quantitative estimate of drug-likeness (QED) is 0.536. The number of carboxylic acids is 1. The Morgan fingerprint density at radius 2 is 1.79 bits per heavy atom. The molecular weight excluding hydrogens is 250 g/mol. The van der Waals surface area contributed by atoms with Gasteiger partial charge >= 0.3 is 5.97 Å². The molecule has 2 bridgehead atoms. The van der Waals surface area contributed by atoms with E-state index in [0.717, 1.165) is 18.2 Å². The number of β-amino-alcohol motifs (C(OH)–C–C–N with tert-alkyl or cyclic N) is 1. The highest BCUT2D eigenvalue weighted by Gasteiger charge is 2.60. The minimum atomic E-state index is -2.10. The first-order valence-electron chi connectivity index (χ1n) is 6.32. The number of fused-ring (bicyclic) bond motifs is 5. The van der Waals surface area contributed by atoms with Gasteiger partial charge in [0.1, 0.15) is 0 Å². The summed E-state index contributed by atoms with van der Waals surface area (Å²) in [6.45, 7) is 0.614. The van der Waals surface area contributed by atoms with E-state index < -0.39 is 18.1 Å². The summed E-state index contributed by atoms with van der Waals surface area (Å²) in [6, 6.07) is 0. The lowest BCUT2D eigenvalue weighted by Crippen LogP contribution is -2.49. The smallest absolute Gasteiger partial charge is 0.337 e.